The predicted octanol–water partition coefficient (Wildman–Crippen LogP) is 3.32. The van der Waals surface area contributed by atoms with Gasteiger partial charge in [0.15, 0.2) is 0 Å². The summed E-state index contributed by atoms with van der Waals surface area (Å²) in [6, 6.07) is 3.80. The smallest absolute Gasteiger partial charge is 0.370 e. The highest BCUT2D eigenvalue weighted by Crippen LogP contribution is 2.36. The molecule has 1 aliphatic heterocycles. The molecule has 0 unspecified atom stereocenters. The number of carbonyl (C=O) groups is 2. The Hall–Kier alpha value is -2.95. The number of alkyl halides is 3. The third-order valence-corrected chi connectivity index (χ3v) is 7.57. The molecule has 1 saturated heterocycles. The molecule has 36 heavy (non-hydrogen) atoms. The van der Waals surface area contributed by atoms with Gasteiger partial charge in [0, 0.05) is 30.9 Å². The minimum atomic E-state index is -4.48. The van der Waals surface area contributed by atoms with Crippen molar-refractivity contribution in [2.45, 2.75) is 63.7 Å². The zero-order valence-corrected chi connectivity index (χ0v) is 20.4. The molecule has 8 nitrogen and oxygen atoms in total. The third-order valence-electron chi connectivity index (χ3n) is 7.57. The molecule has 2 heterocycles. The minimum Gasteiger partial charge on any atom is -0.370 e. The maximum absolute atomic E-state index is 13.1. The highest BCUT2D eigenvalue weighted by Gasteiger charge is 2.36. The largest absolute Gasteiger partial charge is 0.416 e. The fraction of sp³-hybridized carbons (Fsp3) is 0.600. The fourth-order valence-corrected chi connectivity index (χ4v) is 5.56. The number of benzene rings is 1. The Labute approximate surface area is 208 Å². The number of amides is 2. The summed E-state index contributed by atoms with van der Waals surface area (Å²) in [6.07, 6.45) is 2.57. The van der Waals surface area contributed by atoms with Crippen LogP contribution in [0.3, 0.4) is 0 Å². The molecule has 4 N–H and O–H groups in total. The molecule has 196 valence electrons. The Kier molecular flexibility index (Phi) is 7.97. The fourth-order valence-electron chi connectivity index (χ4n) is 5.56. The molecular weight excluding hydrogens is 473 g/mol. The van der Waals surface area contributed by atoms with Crippen LogP contribution in [-0.4, -0.2) is 58.4 Å². The average molecular weight is 507 g/mol. The predicted molar refractivity (Wildman–Crippen MR) is 130 cm³/mol. The number of nitrogens with zero attached hydrogens (tertiary/aromatic N) is 3. The van der Waals surface area contributed by atoms with Crippen LogP contribution in [0.5, 0.6) is 0 Å². The summed E-state index contributed by atoms with van der Waals surface area (Å²) in [5, 5.41) is 6.05. The van der Waals surface area contributed by atoms with Crippen molar-refractivity contribution in [3.05, 3.63) is 30.1 Å². The average Bonchev–Trinajstić information content (AvgIpc) is 2.82. The van der Waals surface area contributed by atoms with Gasteiger partial charge in [0.05, 0.1) is 23.7 Å². The van der Waals surface area contributed by atoms with Crippen molar-refractivity contribution in [3.63, 3.8) is 0 Å². The van der Waals surface area contributed by atoms with E-state index in [0.29, 0.717) is 29.8 Å². The van der Waals surface area contributed by atoms with Crippen molar-refractivity contribution < 1.29 is 22.8 Å². The molecule has 1 aliphatic carbocycles. The van der Waals surface area contributed by atoms with Crippen molar-refractivity contribution in [2.24, 2.45) is 17.6 Å². The zero-order chi connectivity index (χ0) is 25.9. The van der Waals surface area contributed by atoms with Crippen LogP contribution in [0.15, 0.2) is 24.5 Å². The van der Waals surface area contributed by atoms with E-state index in [9.17, 15) is 22.8 Å². The van der Waals surface area contributed by atoms with Crippen LogP contribution in [0.1, 0.15) is 51.0 Å². The van der Waals surface area contributed by atoms with E-state index in [-0.39, 0.29) is 35.6 Å². The zero-order valence-electron chi connectivity index (χ0n) is 20.4. The lowest BCUT2D eigenvalue weighted by Crippen LogP contribution is -2.63. The topological polar surface area (TPSA) is 113 Å². The van der Waals surface area contributed by atoms with Gasteiger partial charge in [-0.1, -0.05) is 13.3 Å². The van der Waals surface area contributed by atoms with E-state index in [2.05, 4.69) is 32.4 Å². The van der Waals surface area contributed by atoms with Crippen LogP contribution in [0.25, 0.3) is 10.9 Å². The number of halogens is 3. The van der Waals surface area contributed by atoms with Crippen LogP contribution in [-0.2, 0) is 15.8 Å². The molecule has 1 saturated carbocycles. The maximum atomic E-state index is 13.1. The SMILES string of the molecule is CC[C@@H](CC(N)=O)C1CCC(N2CC(NC(=O)CNc3ncnc4ccc(C(F)(F)F)cc34)C2)CC1. The van der Waals surface area contributed by atoms with Crippen LogP contribution < -0.4 is 16.4 Å². The summed E-state index contributed by atoms with van der Waals surface area (Å²) in [4.78, 5) is 34.2. The lowest BCUT2D eigenvalue weighted by Gasteiger charge is -2.47. The number of hydrogen-bond acceptors (Lipinski definition) is 6. The summed E-state index contributed by atoms with van der Waals surface area (Å²) in [5.74, 6) is 0.645. The Balaban J connectivity index is 1.22. The second-order valence-corrected chi connectivity index (χ2v) is 9.93. The molecule has 2 amide bonds. The number of rotatable bonds is 9. The summed E-state index contributed by atoms with van der Waals surface area (Å²) < 4.78 is 39.3. The Morgan fingerprint density at radius 3 is 2.53 bits per heavy atom. The van der Waals surface area contributed by atoms with Gasteiger partial charge < -0.3 is 16.4 Å². The first-order valence-corrected chi connectivity index (χ1v) is 12.5. The van der Waals surface area contributed by atoms with Crippen LogP contribution in [0.4, 0.5) is 19.0 Å². The molecule has 4 rings (SSSR count). The lowest BCUT2D eigenvalue weighted by atomic mass is 9.75. The van der Waals surface area contributed by atoms with Gasteiger partial charge in [0.25, 0.3) is 0 Å². The summed E-state index contributed by atoms with van der Waals surface area (Å²) >= 11 is 0. The first-order chi connectivity index (χ1) is 17.1. The van der Waals surface area contributed by atoms with E-state index in [1.807, 2.05) is 0 Å². The van der Waals surface area contributed by atoms with Crippen molar-refractivity contribution >= 4 is 28.5 Å². The molecule has 2 fully saturated rings. The van der Waals surface area contributed by atoms with Gasteiger partial charge in [-0.25, -0.2) is 9.97 Å². The molecule has 1 aromatic carbocycles. The number of hydrogen-bond donors (Lipinski definition) is 3. The molecule has 0 radical (unpaired) electrons. The van der Waals surface area contributed by atoms with Gasteiger partial charge in [0.1, 0.15) is 12.1 Å². The monoisotopic (exact) mass is 506 g/mol. The number of likely N-dealkylation sites (tertiary alicyclic amines) is 1. The molecule has 0 bridgehead atoms. The number of carbonyl (C=O) groups excluding carboxylic acids is 2. The summed E-state index contributed by atoms with van der Waals surface area (Å²) in [6.45, 7) is 3.59. The van der Waals surface area contributed by atoms with Gasteiger partial charge in [0.2, 0.25) is 11.8 Å². The number of nitrogens with two attached hydrogens (primary N) is 1. The molecule has 1 atom stereocenters. The van der Waals surface area contributed by atoms with Crippen LogP contribution in [0.2, 0.25) is 0 Å². The highest BCUT2D eigenvalue weighted by atomic mass is 19.4. The van der Waals surface area contributed by atoms with Crippen molar-refractivity contribution in [1.29, 1.82) is 0 Å². The number of aromatic nitrogens is 2. The van der Waals surface area contributed by atoms with E-state index in [0.717, 1.165) is 57.3 Å². The number of fused-ring (bicyclic) bond motifs is 1. The molecule has 0 spiro atoms. The highest BCUT2D eigenvalue weighted by molar-refractivity contribution is 5.91. The Morgan fingerprint density at radius 2 is 1.89 bits per heavy atom. The first kappa shape index (κ1) is 26.1. The minimum absolute atomic E-state index is 0.0502. The second kappa shape index (κ2) is 11.0. The van der Waals surface area contributed by atoms with E-state index in [1.54, 1.807) is 0 Å². The lowest BCUT2D eigenvalue weighted by molar-refractivity contribution is -0.137. The Bertz CT molecular complexity index is 1080. The van der Waals surface area contributed by atoms with Crippen LogP contribution >= 0.6 is 0 Å². The summed E-state index contributed by atoms with van der Waals surface area (Å²) in [5.41, 5.74) is 4.98. The second-order valence-electron chi connectivity index (χ2n) is 9.93. The molecule has 11 heteroatoms. The van der Waals surface area contributed by atoms with Crippen molar-refractivity contribution in [1.82, 2.24) is 20.2 Å². The molecule has 2 aliphatic rings. The molecular formula is C25H33F3N6O2. The Morgan fingerprint density at radius 1 is 1.17 bits per heavy atom. The first-order valence-electron chi connectivity index (χ1n) is 12.5. The van der Waals surface area contributed by atoms with E-state index in [4.69, 9.17) is 5.73 Å². The van der Waals surface area contributed by atoms with E-state index < -0.39 is 11.7 Å². The van der Waals surface area contributed by atoms with E-state index in [1.165, 1.54) is 12.4 Å². The number of nitrogens with one attached hydrogen (secondary N) is 2. The van der Waals surface area contributed by atoms with Gasteiger partial charge in [-0.2, -0.15) is 13.2 Å². The third kappa shape index (κ3) is 6.24. The van der Waals surface area contributed by atoms with Gasteiger partial charge >= 0.3 is 6.18 Å². The normalized spacial score (nSPS) is 22.1. The van der Waals surface area contributed by atoms with E-state index >= 15 is 0 Å². The van der Waals surface area contributed by atoms with Crippen molar-refractivity contribution in [3.8, 4) is 0 Å². The van der Waals surface area contributed by atoms with Gasteiger partial charge in [-0.15, -0.1) is 0 Å². The van der Waals surface area contributed by atoms with Crippen molar-refractivity contribution in [2.75, 3.05) is 25.0 Å². The standard InChI is InChI=1S/C25H33F3N6O2/c1-2-15(9-22(29)35)16-3-6-19(7-4-16)34-12-18(13-34)33-23(36)11-30-24-20-10-17(25(26,27)28)5-8-21(20)31-14-32-24/h5,8,10,14-16,18-19H,2-4,6-7,9,11-13H2,1H3,(H2,29,35)(H,33,36)(H,30,31,32)/t15-,16?,19?/m0/s1. The quantitative estimate of drug-likeness (QED) is 0.481. The summed E-state index contributed by atoms with van der Waals surface area (Å²) in [7, 11) is 0. The van der Waals surface area contributed by atoms with Crippen LogP contribution in [0, 0.1) is 11.8 Å². The number of anilines is 1. The maximum Gasteiger partial charge on any atom is 0.416 e. The van der Waals surface area contributed by atoms with Gasteiger partial charge in [-0.3, -0.25) is 14.5 Å². The molecule has 1 aromatic heterocycles. The molecule has 2 aromatic rings. The van der Waals surface area contributed by atoms with Gasteiger partial charge in [-0.05, 0) is 55.7 Å². The number of primary amides is 1.